The van der Waals surface area contributed by atoms with Gasteiger partial charge < -0.3 is 10.4 Å². The standard InChI is InChI=1S/C13H11F4NO3/c14-7-2-1-6(10(3-7)13(15,16)17)5-18-11(19)8-4-9(8)12(20)21/h1-3,8-9H,4-5H2,(H,18,19)(H,20,21). The first-order chi connectivity index (χ1) is 9.70. The number of nitrogens with one attached hydrogen (secondary N) is 1. The molecule has 2 atom stereocenters. The van der Waals surface area contributed by atoms with Crippen LogP contribution in [0.15, 0.2) is 18.2 Å². The van der Waals surface area contributed by atoms with Gasteiger partial charge in [-0.3, -0.25) is 9.59 Å². The second kappa shape index (κ2) is 5.34. The van der Waals surface area contributed by atoms with Crippen molar-refractivity contribution < 1.29 is 32.3 Å². The normalized spacial score (nSPS) is 21.0. The molecule has 0 aromatic heterocycles. The minimum absolute atomic E-state index is 0.177. The predicted octanol–water partition coefficient (Wildman–Crippen LogP) is 2.18. The quantitative estimate of drug-likeness (QED) is 0.838. The van der Waals surface area contributed by atoms with E-state index in [0.29, 0.717) is 6.07 Å². The molecule has 0 radical (unpaired) electrons. The van der Waals surface area contributed by atoms with E-state index in [-0.39, 0.29) is 12.0 Å². The van der Waals surface area contributed by atoms with E-state index < -0.39 is 47.8 Å². The van der Waals surface area contributed by atoms with Crippen LogP contribution in [0.1, 0.15) is 17.5 Å². The molecule has 0 spiro atoms. The van der Waals surface area contributed by atoms with Crippen LogP contribution in [0, 0.1) is 17.7 Å². The molecule has 2 rings (SSSR count). The average Bonchev–Trinajstić information content (AvgIpc) is 3.16. The lowest BCUT2D eigenvalue weighted by atomic mass is 10.1. The number of carbonyl (C=O) groups excluding carboxylic acids is 1. The summed E-state index contributed by atoms with van der Waals surface area (Å²) in [5, 5.41) is 10.9. The van der Waals surface area contributed by atoms with E-state index in [4.69, 9.17) is 5.11 Å². The molecule has 1 saturated carbocycles. The minimum Gasteiger partial charge on any atom is -0.481 e. The third-order valence-electron chi connectivity index (χ3n) is 3.27. The fraction of sp³-hybridized carbons (Fsp3) is 0.385. The number of amides is 1. The highest BCUT2D eigenvalue weighted by Gasteiger charge is 2.48. The minimum atomic E-state index is -4.73. The Morgan fingerprint density at radius 1 is 1.29 bits per heavy atom. The van der Waals surface area contributed by atoms with Crippen molar-refractivity contribution in [1.29, 1.82) is 0 Å². The van der Waals surface area contributed by atoms with Crippen LogP contribution < -0.4 is 5.32 Å². The van der Waals surface area contributed by atoms with Crippen molar-refractivity contribution in [2.75, 3.05) is 0 Å². The van der Waals surface area contributed by atoms with Crippen molar-refractivity contribution in [2.24, 2.45) is 11.8 Å². The number of hydrogen-bond donors (Lipinski definition) is 2. The molecule has 21 heavy (non-hydrogen) atoms. The third kappa shape index (κ3) is 3.50. The van der Waals surface area contributed by atoms with Gasteiger partial charge in [0.1, 0.15) is 5.82 Å². The average molecular weight is 305 g/mol. The summed E-state index contributed by atoms with van der Waals surface area (Å²) in [7, 11) is 0. The molecular weight excluding hydrogens is 294 g/mol. The van der Waals surface area contributed by atoms with E-state index in [9.17, 15) is 27.2 Å². The molecule has 114 valence electrons. The molecule has 0 heterocycles. The summed E-state index contributed by atoms with van der Waals surface area (Å²) < 4.78 is 51.1. The van der Waals surface area contributed by atoms with Gasteiger partial charge >= 0.3 is 12.1 Å². The van der Waals surface area contributed by atoms with Crippen molar-refractivity contribution in [2.45, 2.75) is 19.1 Å². The van der Waals surface area contributed by atoms with Gasteiger partial charge in [-0.05, 0) is 24.1 Å². The van der Waals surface area contributed by atoms with Gasteiger partial charge in [0, 0.05) is 6.54 Å². The first-order valence-electron chi connectivity index (χ1n) is 6.06. The zero-order chi connectivity index (χ0) is 15.8. The summed E-state index contributed by atoms with van der Waals surface area (Å²) >= 11 is 0. The van der Waals surface area contributed by atoms with E-state index in [1.807, 2.05) is 0 Å². The molecule has 4 nitrogen and oxygen atoms in total. The lowest BCUT2D eigenvalue weighted by Gasteiger charge is -2.13. The molecule has 1 aromatic rings. The maximum absolute atomic E-state index is 12.9. The van der Waals surface area contributed by atoms with Crippen LogP contribution >= 0.6 is 0 Å². The lowest BCUT2D eigenvalue weighted by Crippen LogP contribution is -2.27. The molecule has 1 aliphatic carbocycles. The van der Waals surface area contributed by atoms with Gasteiger partial charge in [0.25, 0.3) is 0 Å². The van der Waals surface area contributed by atoms with Crippen LogP contribution in [0.3, 0.4) is 0 Å². The number of carboxylic acid groups (broad SMARTS) is 1. The molecule has 1 amide bonds. The highest BCUT2D eigenvalue weighted by atomic mass is 19.4. The smallest absolute Gasteiger partial charge is 0.416 e. The zero-order valence-corrected chi connectivity index (χ0v) is 10.6. The number of carboxylic acids is 1. The Morgan fingerprint density at radius 2 is 1.95 bits per heavy atom. The van der Waals surface area contributed by atoms with E-state index in [1.165, 1.54) is 0 Å². The number of hydrogen-bond acceptors (Lipinski definition) is 2. The molecule has 0 bridgehead atoms. The second-order valence-corrected chi connectivity index (χ2v) is 4.80. The highest BCUT2D eigenvalue weighted by molar-refractivity contribution is 5.89. The van der Waals surface area contributed by atoms with Crippen LogP contribution in [0.25, 0.3) is 0 Å². The Hall–Kier alpha value is -2.12. The molecule has 1 fully saturated rings. The highest BCUT2D eigenvalue weighted by Crippen LogP contribution is 2.39. The van der Waals surface area contributed by atoms with Gasteiger partial charge in [-0.1, -0.05) is 6.07 Å². The van der Waals surface area contributed by atoms with Gasteiger partial charge in [0.05, 0.1) is 17.4 Å². The van der Waals surface area contributed by atoms with Crippen LogP contribution in [0.4, 0.5) is 17.6 Å². The summed E-state index contributed by atoms with van der Waals surface area (Å²) in [6, 6.07) is 2.17. The first kappa shape index (κ1) is 15.3. The van der Waals surface area contributed by atoms with Crippen LogP contribution in [0.5, 0.6) is 0 Å². The topological polar surface area (TPSA) is 66.4 Å². The summed E-state index contributed by atoms with van der Waals surface area (Å²) in [6.07, 6.45) is -4.55. The lowest BCUT2D eigenvalue weighted by molar-refractivity contribution is -0.140. The van der Waals surface area contributed by atoms with Crippen molar-refractivity contribution in [3.05, 3.63) is 35.1 Å². The molecular formula is C13H11F4NO3. The third-order valence-corrected chi connectivity index (χ3v) is 3.27. The molecule has 2 N–H and O–H groups in total. The van der Waals surface area contributed by atoms with Crippen molar-refractivity contribution in [1.82, 2.24) is 5.32 Å². The van der Waals surface area contributed by atoms with E-state index >= 15 is 0 Å². The summed E-state index contributed by atoms with van der Waals surface area (Å²) in [5.74, 6) is -4.23. The molecule has 0 aliphatic heterocycles. The Morgan fingerprint density at radius 3 is 2.48 bits per heavy atom. The number of carbonyl (C=O) groups is 2. The van der Waals surface area contributed by atoms with Gasteiger partial charge in [-0.2, -0.15) is 13.2 Å². The maximum Gasteiger partial charge on any atom is 0.416 e. The number of alkyl halides is 3. The van der Waals surface area contributed by atoms with Crippen LogP contribution in [0.2, 0.25) is 0 Å². The Labute approximate surface area is 116 Å². The molecule has 8 heteroatoms. The number of benzene rings is 1. The molecule has 1 aromatic carbocycles. The van der Waals surface area contributed by atoms with Crippen LogP contribution in [-0.4, -0.2) is 17.0 Å². The maximum atomic E-state index is 12.9. The number of aliphatic carboxylic acids is 1. The summed E-state index contributed by atoms with van der Waals surface area (Å²) in [4.78, 5) is 22.2. The zero-order valence-electron chi connectivity index (χ0n) is 10.6. The van der Waals surface area contributed by atoms with E-state index in [2.05, 4.69) is 5.32 Å². The first-order valence-corrected chi connectivity index (χ1v) is 6.06. The van der Waals surface area contributed by atoms with Gasteiger partial charge in [0.15, 0.2) is 0 Å². The largest absolute Gasteiger partial charge is 0.481 e. The van der Waals surface area contributed by atoms with Crippen molar-refractivity contribution in [3.63, 3.8) is 0 Å². The van der Waals surface area contributed by atoms with Gasteiger partial charge in [0.2, 0.25) is 5.91 Å². The second-order valence-electron chi connectivity index (χ2n) is 4.80. The number of rotatable bonds is 4. The Balaban J connectivity index is 2.04. The number of halogens is 4. The predicted molar refractivity (Wildman–Crippen MR) is 62.5 cm³/mol. The van der Waals surface area contributed by atoms with Crippen molar-refractivity contribution >= 4 is 11.9 Å². The fourth-order valence-electron chi connectivity index (χ4n) is 2.04. The summed E-state index contributed by atoms with van der Waals surface area (Å²) in [5.41, 5.74) is -1.43. The molecule has 0 saturated heterocycles. The monoisotopic (exact) mass is 305 g/mol. The van der Waals surface area contributed by atoms with Crippen molar-refractivity contribution in [3.8, 4) is 0 Å². The van der Waals surface area contributed by atoms with Crippen LogP contribution in [-0.2, 0) is 22.3 Å². The Kier molecular flexibility index (Phi) is 3.89. The molecule has 1 aliphatic rings. The Bertz CT molecular complexity index is 585. The van der Waals surface area contributed by atoms with Gasteiger partial charge in [-0.25, -0.2) is 4.39 Å². The summed E-state index contributed by atoms with van der Waals surface area (Å²) in [6.45, 7) is -0.434. The van der Waals surface area contributed by atoms with Gasteiger partial charge in [-0.15, -0.1) is 0 Å². The molecule has 2 unspecified atom stereocenters. The SMILES string of the molecule is O=C(O)C1CC1C(=O)NCc1ccc(F)cc1C(F)(F)F. The fourth-order valence-corrected chi connectivity index (χ4v) is 2.04. The van der Waals surface area contributed by atoms with E-state index in [0.717, 1.165) is 12.1 Å². The van der Waals surface area contributed by atoms with E-state index in [1.54, 1.807) is 0 Å².